The van der Waals surface area contributed by atoms with Crippen LogP contribution < -0.4 is 5.32 Å². The lowest BCUT2D eigenvalue weighted by atomic mass is 9.88. The van der Waals surface area contributed by atoms with Crippen LogP contribution in [0.2, 0.25) is 0 Å². The molecule has 19 heavy (non-hydrogen) atoms. The van der Waals surface area contributed by atoms with Gasteiger partial charge in [0.15, 0.2) is 0 Å². The van der Waals surface area contributed by atoms with Gasteiger partial charge in [-0.3, -0.25) is 0 Å². The van der Waals surface area contributed by atoms with E-state index in [2.05, 4.69) is 11.4 Å². The van der Waals surface area contributed by atoms with Gasteiger partial charge in [-0.1, -0.05) is 42.5 Å². The van der Waals surface area contributed by atoms with E-state index in [9.17, 15) is 9.50 Å². The molecule has 2 aromatic carbocycles. The van der Waals surface area contributed by atoms with E-state index in [1.807, 2.05) is 18.2 Å². The summed E-state index contributed by atoms with van der Waals surface area (Å²) in [4.78, 5) is 0. The minimum Gasteiger partial charge on any atom is -0.386 e. The first kappa shape index (κ1) is 12.3. The average Bonchev–Trinajstić information content (AvgIpc) is 2.46. The minimum atomic E-state index is -0.873. The summed E-state index contributed by atoms with van der Waals surface area (Å²) in [5.41, 5.74) is 2.63. The lowest BCUT2D eigenvalue weighted by Crippen LogP contribution is -2.34. The van der Waals surface area contributed by atoms with Crippen molar-refractivity contribution < 1.29 is 9.50 Å². The van der Waals surface area contributed by atoms with E-state index < -0.39 is 6.10 Å². The second-order valence-corrected chi connectivity index (χ2v) is 4.85. The van der Waals surface area contributed by atoms with Crippen molar-refractivity contribution >= 4 is 0 Å². The van der Waals surface area contributed by atoms with E-state index in [4.69, 9.17) is 0 Å². The van der Waals surface area contributed by atoms with E-state index in [1.165, 1.54) is 11.6 Å². The summed E-state index contributed by atoms with van der Waals surface area (Å²) in [5.74, 6) is -0.361. The van der Waals surface area contributed by atoms with Crippen LogP contribution in [0, 0.1) is 5.82 Å². The molecule has 0 saturated carbocycles. The van der Waals surface area contributed by atoms with Crippen molar-refractivity contribution in [2.75, 3.05) is 6.54 Å². The molecule has 0 radical (unpaired) electrons. The van der Waals surface area contributed by atoms with Gasteiger partial charge in [-0.15, -0.1) is 0 Å². The molecule has 2 N–H and O–H groups in total. The van der Waals surface area contributed by atoms with E-state index >= 15 is 0 Å². The van der Waals surface area contributed by atoms with Crippen molar-refractivity contribution in [1.82, 2.24) is 5.32 Å². The zero-order valence-corrected chi connectivity index (χ0v) is 10.5. The maximum Gasteiger partial charge on any atom is 0.129 e. The van der Waals surface area contributed by atoms with E-state index in [0.717, 1.165) is 18.5 Å². The molecular formula is C16H16FNO. The zero-order valence-electron chi connectivity index (χ0n) is 10.5. The number of hydrogen-bond donors (Lipinski definition) is 2. The number of aliphatic hydroxyl groups is 1. The Morgan fingerprint density at radius 1 is 1.11 bits per heavy atom. The van der Waals surface area contributed by atoms with Crippen LogP contribution in [0.15, 0.2) is 48.5 Å². The third kappa shape index (κ3) is 2.27. The standard InChI is InChI=1S/C16H16FNO/c17-14-8-4-3-7-13(14)16(19)15-12-6-2-1-5-11(12)9-10-18-15/h1-8,15-16,18-19H,9-10H2. The molecule has 2 atom stereocenters. The molecule has 0 spiro atoms. The molecule has 0 aromatic heterocycles. The zero-order chi connectivity index (χ0) is 13.2. The highest BCUT2D eigenvalue weighted by molar-refractivity contribution is 5.35. The van der Waals surface area contributed by atoms with Crippen LogP contribution in [0.5, 0.6) is 0 Å². The van der Waals surface area contributed by atoms with Crippen LogP contribution >= 0.6 is 0 Å². The minimum absolute atomic E-state index is 0.248. The number of halogens is 1. The summed E-state index contributed by atoms with van der Waals surface area (Å²) in [6.45, 7) is 0.799. The number of hydrogen-bond acceptors (Lipinski definition) is 2. The number of nitrogens with one attached hydrogen (secondary N) is 1. The number of aliphatic hydroxyl groups excluding tert-OH is 1. The number of rotatable bonds is 2. The van der Waals surface area contributed by atoms with Gasteiger partial charge in [0.1, 0.15) is 11.9 Å². The van der Waals surface area contributed by atoms with Crippen molar-refractivity contribution in [3.8, 4) is 0 Å². The van der Waals surface area contributed by atoms with Crippen molar-refractivity contribution in [1.29, 1.82) is 0 Å². The molecule has 1 heterocycles. The second kappa shape index (κ2) is 5.11. The Labute approximate surface area is 111 Å². The molecule has 0 saturated heterocycles. The van der Waals surface area contributed by atoms with E-state index in [1.54, 1.807) is 18.2 Å². The van der Waals surface area contributed by atoms with Crippen molar-refractivity contribution in [2.24, 2.45) is 0 Å². The Kier molecular flexibility index (Phi) is 3.32. The van der Waals surface area contributed by atoms with Gasteiger partial charge in [-0.25, -0.2) is 4.39 Å². The summed E-state index contributed by atoms with van der Waals surface area (Å²) < 4.78 is 13.8. The van der Waals surface area contributed by atoms with Crippen LogP contribution in [0.1, 0.15) is 28.8 Å². The van der Waals surface area contributed by atoms with Gasteiger partial charge in [-0.05, 0) is 30.2 Å². The predicted octanol–water partition coefficient (Wildman–Crippen LogP) is 2.75. The van der Waals surface area contributed by atoms with Crippen molar-refractivity contribution in [3.05, 3.63) is 71.0 Å². The molecule has 3 rings (SSSR count). The van der Waals surface area contributed by atoms with Crippen LogP contribution in [0.4, 0.5) is 4.39 Å². The molecule has 1 aliphatic heterocycles. The van der Waals surface area contributed by atoms with Crippen molar-refractivity contribution in [3.63, 3.8) is 0 Å². The molecule has 0 bridgehead atoms. The second-order valence-electron chi connectivity index (χ2n) is 4.85. The largest absolute Gasteiger partial charge is 0.386 e. The Hall–Kier alpha value is -1.71. The Morgan fingerprint density at radius 2 is 1.84 bits per heavy atom. The molecule has 3 heteroatoms. The van der Waals surface area contributed by atoms with Gasteiger partial charge in [0.2, 0.25) is 0 Å². The quantitative estimate of drug-likeness (QED) is 0.867. The van der Waals surface area contributed by atoms with Gasteiger partial charge < -0.3 is 10.4 Å². The van der Waals surface area contributed by atoms with E-state index in [-0.39, 0.29) is 11.9 Å². The Bertz CT molecular complexity index is 584. The van der Waals surface area contributed by atoms with Crippen LogP contribution in [0.3, 0.4) is 0 Å². The van der Waals surface area contributed by atoms with Gasteiger partial charge >= 0.3 is 0 Å². The maximum absolute atomic E-state index is 13.8. The number of benzene rings is 2. The molecule has 98 valence electrons. The first-order valence-corrected chi connectivity index (χ1v) is 6.51. The van der Waals surface area contributed by atoms with Gasteiger partial charge in [0.25, 0.3) is 0 Å². The highest BCUT2D eigenvalue weighted by Gasteiger charge is 2.28. The fourth-order valence-corrected chi connectivity index (χ4v) is 2.71. The highest BCUT2D eigenvalue weighted by atomic mass is 19.1. The third-order valence-electron chi connectivity index (χ3n) is 3.69. The van der Waals surface area contributed by atoms with Crippen LogP contribution in [-0.2, 0) is 6.42 Å². The smallest absolute Gasteiger partial charge is 0.129 e. The molecule has 0 amide bonds. The normalized spacial score (nSPS) is 19.8. The molecule has 2 aromatic rings. The molecule has 0 fully saturated rings. The first-order valence-electron chi connectivity index (χ1n) is 6.51. The fraction of sp³-hybridized carbons (Fsp3) is 0.250. The number of fused-ring (bicyclic) bond motifs is 1. The summed E-state index contributed by atoms with van der Waals surface area (Å²) in [6, 6.07) is 14.2. The van der Waals surface area contributed by atoms with Crippen LogP contribution in [0.25, 0.3) is 0 Å². The SMILES string of the molecule is OC(c1ccccc1F)C1NCCc2ccccc21. The average molecular weight is 257 g/mol. The van der Waals surface area contributed by atoms with E-state index in [0.29, 0.717) is 5.56 Å². The fourth-order valence-electron chi connectivity index (χ4n) is 2.71. The Balaban J connectivity index is 1.98. The highest BCUT2D eigenvalue weighted by Crippen LogP contribution is 2.34. The third-order valence-corrected chi connectivity index (χ3v) is 3.69. The monoisotopic (exact) mass is 257 g/mol. The lowest BCUT2D eigenvalue weighted by Gasteiger charge is -2.31. The summed E-state index contributed by atoms with van der Waals surface area (Å²) in [6.07, 6.45) is 0.0686. The molecule has 1 aliphatic rings. The van der Waals surface area contributed by atoms with Crippen LogP contribution in [-0.4, -0.2) is 11.7 Å². The first-order chi connectivity index (χ1) is 9.27. The molecule has 0 aliphatic carbocycles. The summed E-state index contributed by atoms with van der Waals surface area (Å²) >= 11 is 0. The Morgan fingerprint density at radius 3 is 2.68 bits per heavy atom. The lowest BCUT2D eigenvalue weighted by molar-refractivity contribution is 0.121. The maximum atomic E-state index is 13.8. The van der Waals surface area contributed by atoms with Gasteiger partial charge in [0.05, 0.1) is 6.04 Å². The molecule has 2 unspecified atom stereocenters. The summed E-state index contributed by atoms with van der Waals surface area (Å²) in [7, 11) is 0. The molecular weight excluding hydrogens is 241 g/mol. The molecule has 2 nitrogen and oxygen atoms in total. The van der Waals surface area contributed by atoms with Crippen molar-refractivity contribution in [2.45, 2.75) is 18.6 Å². The van der Waals surface area contributed by atoms with Gasteiger partial charge in [-0.2, -0.15) is 0 Å². The van der Waals surface area contributed by atoms with Gasteiger partial charge in [0, 0.05) is 5.56 Å². The predicted molar refractivity (Wildman–Crippen MR) is 72.2 cm³/mol. The summed E-state index contributed by atoms with van der Waals surface area (Å²) in [5, 5.41) is 13.8. The topological polar surface area (TPSA) is 32.3 Å².